The van der Waals surface area contributed by atoms with E-state index in [0.717, 1.165) is 35.9 Å². The lowest BCUT2D eigenvalue weighted by atomic mass is 9.68. The van der Waals surface area contributed by atoms with Crippen LogP contribution in [-0.2, 0) is 14.8 Å². The number of carbonyl (C=O) groups is 1. The number of fused-ring (bicyclic) bond motifs is 4. The van der Waals surface area contributed by atoms with Crippen molar-refractivity contribution in [1.82, 2.24) is 15.0 Å². The van der Waals surface area contributed by atoms with E-state index < -0.39 is 15.4 Å². The van der Waals surface area contributed by atoms with Crippen molar-refractivity contribution in [3.63, 3.8) is 0 Å². The maximum absolute atomic E-state index is 12.6. The van der Waals surface area contributed by atoms with Gasteiger partial charge in [0.15, 0.2) is 0 Å². The smallest absolute Gasteiger partial charge is 0.264 e. The summed E-state index contributed by atoms with van der Waals surface area (Å²) < 4.78 is 28.2. The van der Waals surface area contributed by atoms with Gasteiger partial charge in [0.05, 0.1) is 26.0 Å². The van der Waals surface area contributed by atoms with E-state index in [1.807, 2.05) is 0 Å². The van der Waals surface area contributed by atoms with Crippen LogP contribution in [0.3, 0.4) is 0 Å². The fourth-order valence-electron chi connectivity index (χ4n) is 3.49. The van der Waals surface area contributed by atoms with E-state index in [-0.39, 0.29) is 10.8 Å². The summed E-state index contributed by atoms with van der Waals surface area (Å²) in [7, 11) is -3.86. The summed E-state index contributed by atoms with van der Waals surface area (Å²) in [4.78, 5) is 16.9. The summed E-state index contributed by atoms with van der Waals surface area (Å²) in [5, 5.41) is 3.32. The molecule has 2 bridgehead atoms. The fourth-order valence-corrected chi connectivity index (χ4v) is 5.38. The molecule has 1 aromatic carbocycles. The zero-order chi connectivity index (χ0) is 16.1. The molecular weight excluding hydrogens is 334 g/mol. The Balaban J connectivity index is 1.60. The van der Waals surface area contributed by atoms with Gasteiger partial charge in [0.2, 0.25) is 5.91 Å². The van der Waals surface area contributed by atoms with E-state index in [1.54, 1.807) is 17.6 Å². The van der Waals surface area contributed by atoms with Crippen molar-refractivity contribution in [3.8, 4) is 0 Å². The van der Waals surface area contributed by atoms with Gasteiger partial charge in [0.25, 0.3) is 10.0 Å². The molecule has 2 saturated heterocycles. The second-order valence-electron chi connectivity index (χ2n) is 6.35. The number of carbonyl (C=O) groups excluding carboxylic acids is 1. The van der Waals surface area contributed by atoms with Crippen molar-refractivity contribution >= 4 is 37.5 Å². The van der Waals surface area contributed by atoms with Crippen LogP contribution in [0.25, 0.3) is 10.2 Å². The molecule has 1 aromatic heterocycles. The van der Waals surface area contributed by atoms with Crippen LogP contribution < -0.4 is 10.0 Å². The van der Waals surface area contributed by atoms with Crippen LogP contribution in [0.15, 0.2) is 28.6 Å². The van der Waals surface area contributed by atoms with Gasteiger partial charge in [-0.25, -0.2) is 18.1 Å². The van der Waals surface area contributed by atoms with Gasteiger partial charge in [-0.05, 0) is 43.9 Å². The van der Waals surface area contributed by atoms with Crippen molar-refractivity contribution < 1.29 is 13.2 Å². The number of sulfonamides is 1. The van der Waals surface area contributed by atoms with E-state index in [2.05, 4.69) is 15.0 Å². The van der Waals surface area contributed by atoms with E-state index in [4.69, 9.17) is 0 Å². The predicted octanol–water partition coefficient (Wildman–Crippen LogP) is 1.63. The highest BCUT2D eigenvalue weighted by Gasteiger charge is 2.46. The number of piperidine rings is 2. The first-order chi connectivity index (χ1) is 11.0. The third kappa shape index (κ3) is 2.54. The minimum atomic E-state index is -3.86. The molecule has 5 rings (SSSR count). The molecule has 3 heterocycles. The van der Waals surface area contributed by atoms with Crippen molar-refractivity contribution in [2.75, 3.05) is 6.54 Å². The number of thiazole rings is 1. The zero-order valence-electron chi connectivity index (χ0n) is 12.4. The highest BCUT2D eigenvalue weighted by molar-refractivity contribution is 7.90. The van der Waals surface area contributed by atoms with Crippen molar-refractivity contribution in [1.29, 1.82) is 0 Å². The molecule has 2 N–H and O–H groups in total. The van der Waals surface area contributed by atoms with Crippen LogP contribution in [0.4, 0.5) is 0 Å². The largest absolute Gasteiger partial charge is 0.313 e. The summed E-state index contributed by atoms with van der Waals surface area (Å²) >= 11 is 1.38. The molecule has 0 spiro atoms. The number of nitrogens with one attached hydrogen (secondary N) is 2. The molecule has 1 saturated carbocycles. The zero-order valence-corrected chi connectivity index (χ0v) is 14.0. The minimum absolute atomic E-state index is 0.108. The standard InChI is InChI=1S/C15H17N3O3S2/c19-14(15-5-3-10(4-6-15)16-8-15)18-23(20,21)11-1-2-12-13(7-11)22-9-17-12/h1-2,7,9-10,16H,3-6,8H2,(H,18,19). The van der Waals surface area contributed by atoms with E-state index >= 15 is 0 Å². The summed E-state index contributed by atoms with van der Waals surface area (Å²) in [6, 6.07) is 5.20. The number of nitrogens with zero attached hydrogens (tertiary/aromatic N) is 1. The Labute approximate surface area is 138 Å². The topological polar surface area (TPSA) is 88.2 Å². The monoisotopic (exact) mass is 351 g/mol. The molecule has 3 aliphatic rings. The van der Waals surface area contributed by atoms with Crippen molar-refractivity contribution in [3.05, 3.63) is 23.7 Å². The molecule has 8 heteroatoms. The molecule has 0 radical (unpaired) electrons. The van der Waals surface area contributed by atoms with Gasteiger partial charge in [-0.1, -0.05) is 0 Å². The Morgan fingerprint density at radius 1 is 1.35 bits per heavy atom. The fraction of sp³-hybridized carbons (Fsp3) is 0.467. The number of hydrogen-bond acceptors (Lipinski definition) is 6. The Bertz CT molecular complexity index is 853. The Morgan fingerprint density at radius 2 is 2.13 bits per heavy atom. The molecule has 23 heavy (non-hydrogen) atoms. The lowest BCUT2D eigenvalue weighted by molar-refractivity contribution is -0.133. The molecular formula is C15H17N3O3S2. The summed E-state index contributed by atoms with van der Waals surface area (Å²) in [6.07, 6.45) is 3.36. The number of aromatic nitrogens is 1. The molecule has 1 amide bonds. The SMILES string of the molecule is O=C(NS(=O)(=O)c1ccc2ncsc2c1)C12CCC(CC1)NC2. The van der Waals surface area contributed by atoms with Gasteiger partial charge in [-0.3, -0.25) is 4.79 Å². The molecule has 0 unspecified atom stereocenters. The summed E-state index contributed by atoms with van der Waals surface area (Å²) in [5.41, 5.74) is 1.84. The average molecular weight is 351 g/mol. The van der Waals surface area contributed by atoms with Gasteiger partial charge < -0.3 is 5.32 Å². The van der Waals surface area contributed by atoms with Gasteiger partial charge >= 0.3 is 0 Å². The van der Waals surface area contributed by atoms with Crippen LogP contribution in [-0.4, -0.2) is 31.9 Å². The second kappa shape index (κ2) is 5.25. The van der Waals surface area contributed by atoms with Crippen LogP contribution >= 0.6 is 11.3 Å². The number of benzene rings is 1. The van der Waals surface area contributed by atoms with E-state index in [9.17, 15) is 13.2 Å². The normalized spacial score (nSPS) is 27.2. The predicted molar refractivity (Wildman–Crippen MR) is 87.6 cm³/mol. The Kier molecular flexibility index (Phi) is 3.44. The highest BCUT2D eigenvalue weighted by atomic mass is 32.2. The lowest BCUT2D eigenvalue weighted by Gasteiger charge is -2.45. The molecule has 6 nitrogen and oxygen atoms in total. The second-order valence-corrected chi connectivity index (χ2v) is 8.92. The van der Waals surface area contributed by atoms with Gasteiger partial charge in [-0.15, -0.1) is 11.3 Å². The highest BCUT2D eigenvalue weighted by Crippen LogP contribution is 2.40. The minimum Gasteiger partial charge on any atom is -0.313 e. The molecule has 2 aliphatic heterocycles. The van der Waals surface area contributed by atoms with Crippen LogP contribution in [0.2, 0.25) is 0 Å². The Morgan fingerprint density at radius 3 is 2.83 bits per heavy atom. The molecule has 2 aromatic rings. The quantitative estimate of drug-likeness (QED) is 0.877. The summed E-state index contributed by atoms with van der Waals surface area (Å²) in [5.74, 6) is -0.382. The van der Waals surface area contributed by atoms with Crippen LogP contribution in [0.5, 0.6) is 0 Å². The van der Waals surface area contributed by atoms with E-state index in [0.29, 0.717) is 12.6 Å². The van der Waals surface area contributed by atoms with E-state index in [1.165, 1.54) is 17.4 Å². The third-order valence-corrected chi connectivity index (χ3v) is 7.11. The molecule has 0 atom stereocenters. The summed E-state index contributed by atoms with van der Waals surface area (Å²) in [6.45, 7) is 0.562. The maximum Gasteiger partial charge on any atom is 0.264 e. The van der Waals surface area contributed by atoms with Gasteiger partial charge in [0, 0.05) is 12.6 Å². The van der Waals surface area contributed by atoms with Crippen LogP contribution in [0, 0.1) is 5.41 Å². The molecule has 3 fully saturated rings. The first kappa shape index (κ1) is 15.0. The van der Waals surface area contributed by atoms with Crippen molar-refractivity contribution in [2.24, 2.45) is 5.41 Å². The first-order valence-electron chi connectivity index (χ1n) is 7.62. The molecule has 122 valence electrons. The number of amides is 1. The molecule has 1 aliphatic carbocycles. The maximum atomic E-state index is 12.6. The van der Waals surface area contributed by atoms with Crippen molar-refractivity contribution in [2.45, 2.75) is 36.6 Å². The number of hydrogen-bond donors (Lipinski definition) is 2. The average Bonchev–Trinajstić information content (AvgIpc) is 3.04. The first-order valence-corrected chi connectivity index (χ1v) is 9.99. The van der Waals surface area contributed by atoms with Gasteiger partial charge in [-0.2, -0.15) is 0 Å². The Hall–Kier alpha value is -1.51. The van der Waals surface area contributed by atoms with Crippen LogP contribution in [0.1, 0.15) is 25.7 Å². The lowest BCUT2D eigenvalue weighted by Crippen LogP contribution is -2.58. The third-order valence-electron chi connectivity index (χ3n) is 4.99. The number of rotatable bonds is 3. The van der Waals surface area contributed by atoms with Gasteiger partial charge in [0.1, 0.15) is 0 Å².